The van der Waals surface area contributed by atoms with Gasteiger partial charge in [-0.25, -0.2) is 9.59 Å². The number of aryl methyl sites for hydroxylation is 1. The fraction of sp³-hybridized carbons (Fsp3) is 0.265. The summed E-state index contributed by atoms with van der Waals surface area (Å²) in [4.78, 5) is 41.0. The molecule has 246 valence electrons. The van der Waals surface area contributed by atoms with Crippen molar-refractivity contribution in [3.8, 4) is 0 Å². The molecule has 1 fully saturated rings. The molecule has 3 atom stereocenters. The summed E-state index contributed by atoms with van der Waals surface area (Å²) in [5, 5.41) is 1.36. The van der Waals surface area contributed by atoms with Crippen molar-refractivity contribution < 1.29 is 40.7 Å². The number of fused-ring (bicyclic) bond motifs is 1. The Morgan fingerprint density at radius 3 is 2.09 bits per heavy atom. The highest BCUT2D eigenvalue weighted by molar-refractivity contribution is 7.87. The normalized spacial score (nSPS) is 19.6. The first-order valence-corrected chi connectivity index (χ1v) is 17.4. The Hall–Kier alpha value is -4.75. The molecule has 5 rings (SSSR count). The van der Waals surface area contributed by atoms with Crippen LogP contribution in [0.4, 0.5) is 4.79 Å². The minimum absolute atomic E-state index is 0.0487. The summed E-state index contributed by atoms with van der Waals surface area (Å²) in [7, 11) is -6.04. The fourth-order valence-electron chi connectivity index (χ4n) is 5.05. The van der Waals surface area contributed by atoms with Crippen LogP contribution in [0.5, 0.6) is 0 Å². The lowest BCUT2D eigenvalue weighted by Crippen LogP contribution is -2.73. The number of esters is 1. The van der Waals surface area contributed by atoms with E-state index in [1.807, 2.05) is 19.1 Å². The van der Waals surface area contributed by atoms with E-state index < -0.39 is 62.0 Å². The van der Waals surface area contributed by atoms with Crippen LogP contribution in [0.3, 0.4) is 0 Å². The summed E-state index contributed by atoms with van der Waals surface area (Å²) in [6.07, 6.45) is 0.285. The lowest BCUT2D eigenvalue weighted by molar-refractivity contribution is -0.153. The molecule has 3 aromatic rings. The molecule has 0 aliphatic carbocycles. The molecule has 0 spiro atoms. The van der Waals surface area contributed by atoms with Crippen LogP contribution >= 0.6 is 0 Å². The van der Waals surface area contributed by atoms with Gasteiger partial charge in [0.25, 0.3) is 5.91 Å². The highest BCUT2D eigenvalue weighted by Crippen LogP contribution is 2.38. The van der Waals surface area contributed by atoms with Gasteiger partial charge in [-0.05, 0) is 62.6 Å². The predicted octanol–water partition coefficient (Wildman–Crippen LogP) is 4.62. The highest BCUT2D eigenvalue weighted by atomic mass is 32.2. The summed E-state index contributed by atoms with van der Waals surface area (Å²) in [5.41, 5.74) is 1.13. The Kier molecular flexibility index (Phi) is 9.68. The summed E-state index contributed by atoms with van der Waals surface area (Å²) < 4.78 is 55.5. The minimum atomic E-state index is -4.22. The molecular weight excluding hydrogens is 645 g/mol. The van der Waals surface area contributed by atoms with E-state index in [0.29, 0.717) is 11.1 Å². The number of carbonyl (C=O) groups excluding carboxylic acids is 3. The standard InChI is InChI=1S/C34H34N2O9S2/c1-22-15-17-26(18-16-22)47(41,42)43-20-19-25-21-46(40)31-27(35-33(39)45-34(2,3)4)30(37)36(31)28(25)32(38)44-29(23-11-7-5-8-12-23)24-13-9-6-10-14-24/h5-20,27,29,31H,21H2,1-4H3,(H,35,39)/t27?,31-,46?/m1/s1. The van der Waals surface area contributed by atoms with Gasteiger partial charge in [0.1, 0.15) is 33.9 Å². The Balaban J connectivity index is 1.49. The Bertz CT molecular complexity index is 1810. The first-order valence-electron chi connectivity index (χ1n) is 14.7. The minimum Gasteiger partial charge on any atom is -0.448 e. The Morgan fingerprint density at radius 2 is 1.53 bits per heavy atom. The van der Waals surface area contributed by atoms with E-state index >= 15 is 0 Å². The molecular formula is C34H34N2O9S2. The number of allylic oxidation sites excluding steroid dienone is 1. The van der Waals surface area contributed by atoms with Gasteiger partial charge in [-0.15, -0.1) is 0 Å². The van der Waals surface area contributed by atoms with Crippen molar-refractivity contribution in [2.75, 3.05) is 5.75 Å². The molecule has 3 aromatic carbocycles. The van der Waals surface area contributed by atoms with Crippen LogP contribution < -0.4 is 5.32 Å². The molecule has 2 aliphatic heterocycles. The summed E-state index contributed by atoms with van der Waals surface area (Å²) in [6.45, 7) is 6.79. The zero-order valence-electron chi connectivity index (χ0n) is 26.1. The van der Waals surface area contributed by atoms with Crippen LogP contribution in [0.15, 0.2) is 113 Å². The average Bonchev–Trinajstić information content (AvgIpc) is 3.02. The van der Waals surface area contributed by atoms with E-state index in [1.54, 1.807) is 81.4 Å². The third-order valence-electron chi connectivity index (χ3n) is 7.21. The molecule has 13 heteroatoms. The van der Waals surface area contributed by atoms with E-state index in [4.69, 9.17) is 13.7 Å². The van der Waals surface area contributed by atoms with Crippen molar-refractivity contribution in [3.63, 3.8) is 0 Å². The summed E-state index contributed by atoms with van der Waals surface area (Å²) in [6, 6.07) is 22.8. The van der Waals surface area contributed by atoms with Crippen molar-refractivity contribution >= 4 is 38.9 Å². The van der Waals surface area contributed by atoms with Crippen molar-refractivity contribution in [2.45, 2.75) is 55.7 Å². The number of benzene rings is 3. The molecule has 47 heavy (non-hydrogen) atoms. The van der Waals surface area contributed by atoms with Gasteiger partial charge >= 0.3 is 22.2 Å². The smallest absolute Gasteiger partial charge is 0.408 e. The zero-order valence-corrected chi connectivity index (χ0v) is 27.7. The quantitative estimate of drug-likeness (QED) is 0.148. The van der Waals surface area contributed by atoms with Crippen LogP contribution in [-0.4, -0.2) is 58.3 Å². The number of β-lactam (4-membered cyclic amide) rings is 1. The topological polar surface area (TPSA) is 145 Å². The largest absolute Gasteiger partial charge is 0.448 e. The molecule has 11 nitrogen and oxygen atoms in total. The number of ether oxygens (including phenoxy) is 2. The van der Waals surface area contributed by atoms with Crippen molar-refractivity contribution in [1.29, 1.82) is 0 Å². The Labute approximate surface area is 275 Å². The molecule has 0 bridgehead atoms. The maximum atomic E-state index is 14.1. The molecule has 2 aliphatic rings. The Morgan fingerprint density at radius 1 is 0.957 bits per heavy atom. The summed E-state index contributed by atoms with van der Waals surface area (Å²) >= 11 is 0. The molecule has 1 N–H and O–H groups in total. The van der Waals surface area contributed by atoms with Crippen LogP contribution in [0, 0.1) is 6.92 Å². The predicted molar refractivity (Wildman–Crippen MR) is 173 cm³/mol. The molecule has 0 radical (unpaired) electrons. The molecule has 2 amide bonds. The van der Waals surface area contributed by atoms with Crippen molar-refractivity contribution in [1.82, 2.24) is 10.2 Å². The van der Waals surface area contributed by atoms with Gasteiger partial charge < -0.3 is 19.0 Å². The number of rotatable bonds is 9. The number of nitrogens with zero attached hydrogens (tertiary/aromatic N) is 1. The number of nitrogens with one attached hydrogen (secondary N) is 1. The van der Waals surface area contributed by atoms with Gasteiger partial charge in [0.2, 0.25) is 0 Å². The van der Waals surface area contributed by atoms with Crippen molar-refractivity contribution in [3.05, 3.63) is 125 Å². The van der Waals surface area contributed by atoms with Gasteiger partial charge in [-0.2, -0.15) is 8.42 Å². The highest BCUT2D eigenvalue weighted by Gasteiger charge is 2.57. The number of carbonyl (C=O) groups is 3. The maximum Gasteiger partial charge on any atom is 0.408 e. The second-order valence-corrected chi connectivity index (χ2v) is 15.0. The number of hydrogen-bond donors (Lipinski definition) is 1. The van der Waals surface area contributed by atoms with Gasteiger partial charge in [-0.1, -0.05) is 78.4 Å². The van der Waals surface area contributed by atoms with E-state index in [9.17, 15) is 27.0 Å². The zero-order chi connectivity index (χ0) is 33.9. The molecule has 0 aromatic heterocycles. The molecule has 2 unspecified atom stereocenters. The molecule has 1 saturated heterocycles. The van der Waals surface area contributed by atoms with Crippen LogP contribution in [0.1, 0.15) is 43.6 Å². The second-order valence-electron chi connectivity index (χ2n) is 11.9. The lowest BCUT2D eigenvalue weighted by atomic mass is 10.0. The molecule has 0 saturated carbocycles. The number of hydrogen-bond acceptors (Lipinski definition) is 9. The molecule has 2 heterocycles. The van der Waals surface area contributed by atoms with Crippen molar-refractivity contribution in [2.24, 2.45) is 0 Å². The van der Waals surface area contributed by atoms with E-state index in [0.717, 1.165) is 16.7 Å². The van der Waals surface area contributed by atoms with Gasteiger partial charge in [0.05, 0.1) is 16.6 Å². The van der Waals surface area contributed by atoms with E-state index in [-0.39, 0.29) is 21.9 Å². The van der Waals surface area contributed by atoms with Crippen LogP contribution in [0.2, 0.25) is 0 Å². The maximum absolute atomic E-state index is 14.1. The van der Waals surface area contributed by atoms with E-state index in [1.165, 1.54) is 18.2 Å². The monoisotopic (exact) mass is 678 g/mol. The third kappa shape index (κ3) is 7.63. The first kappa shape index (κ1) is 33.6. The van der Waals surface area contributed by atoms with E-state index in [2.05, 4.69) is 5.32 Å². The second kappa shape index (κ2) is 13.5. The SMILES string of the molecule is Cc1ccc(S(=O)(=O)OC=CC2=C(C(=O)OC(c3ccccc3)c3ccccc3)N3C(=O)C(NC(=O)OC(C)(C)C)[C@H]3S(=O)C2)cc1. The average molecular weight is 679 g/mol. The third-order valence-corrected chi connectivity index (χ3v) is 10.0. The number of amides is 2. The van der Waals surface area contributed by atoms with Crippen LogP contribution in [0.25, 0.3) is 0 Å². The van der Waals surface area contributed by atoms with Gasteiger partial charge in [0, 0.05) is 0 Å². The van der Waals surface area contributed by atoms with Gasteiger partial charge in [0.15, 0.2) is 6.10 Å². The summed E-state index contributed by atoms with van der Waals surface area (Å²) in [5.74, 6) is -1.90. The van der Waals surface area contributed by atoms with Gasteiger partial charge in [-0.3, -0.25) is 13.9 Å². The first-order chi connectivity index (χ1) is 22.2. The van der Waals surface area contributed by atoms with Crippen LogP contribution in [-0.2, 0) is 44.2 Å². The fourth-order valence-corrected chi connectivity index (χ4v) is 7.47. The lowest BCUT2D eigenvalue weighted by Gasteiger charge is -2.49. The number of alkyl carbamates (subject to hydrolysis) is 1.